The van der Waals surface area contributed by atoms with E-state index < -0.39 is 16.0 Å². The van der Waals surface area contributed by atoms with E-state index in [0.29, 0.717) is 0 Å². The molecule has 1 aliphatic heterocycles. The van der Waals surface area contributed by atoms with Crippen LogP contribution < -0.4 is 0 Å². The molecule has 0 radical (unpaired) electrons. The minimum Gasteiger partial charge on any atom is -0.457 e. The first-order valence-corrected chi connectivity index (χ1v) is 11.2. The van der Waals surface area contributed by atoms with Crippen LogP contribution in [0.15, 0.2) is 47.4 Å². The zero-order valence-electron chi connectivity index (χ0n) is 16.6. The normalized spacial score (nSPS) is 20.4. The Balaban J connectivity index is 1.79. The van der Waals surface area contributed by atoms with Crippen molar-refractivity contribution in [2.75, 3.05) is 13.1 Å². The SMILES string of the molecule is Cc1ccc(COC(=O)c2ccc(Cl)c(S(=O)(=O)N3C[C@@H](C)O[C@H](C)C3)c2)cc1. The van der Waals surface area contributed by atoms with Gasteiger partial charge in [0.2, 0.25) is 10.0 Å². The van der Waals surface area contributed by atoms with E-state index in [1.54, 1.807) is 0 Å². The van der Waals surface area contributed by atoms with Crippen LogP contribution in [-0.2, 0) is 26.1 Å². The number of aryl methyl sites for hydroxylation is 1. The summed E-state index contributed by atoms with van der Waals surface area (Å²) in [6.45, 7) is 6.16. The Bertz CT molecular complexity index is 981. The molecule has 1 fully saturated rings. The summed E-state index contributed by atoms with van der Waals surface area (Å²) in [4.78, 5) is 12.4. The molecule has 29 heavy (non-hydrogen) atoms. The molecule has 2 aromatic carbocycles. The lowest BCUT2D eigenvalue weighted by molar-refractivity contribution is -0.0440. The van der Waals surface area contributed by atoms with E-state index in [4.69, 9.17) is 21.1 Å². The fraction of sp³-hybridized carbons (Fsp3) is 0.381. The van der Waals surface area contributed by atoms with Gasteiger partial charge in [-0.3, -0.25) is 0 Å². The second-order valence-electron chi connectivity index (χ2n) is 7.29. The molecule has 0 N–H and O–H groups in total. The number of benzene rings is 2. The first-order chi connectivity index (χ1) is 13.7. The molecule has 1 saturated heterocycles. The standard InChI is InChI=1S/C21H24ClNO5S/c1-14-4-6-17(7-5-14)13-27-21(24)18-8-9-19(22)20(10-18)29(25,26)23-11-15(2)28-16(3)12-23/h4-10,15-16H,11-13H2,1-3H3/t15-,16-/m1/s1. The van der Waals surface area contributed by atoms with Crippen molar-refractivity contribution < 1.29 is 22.7 Å². The van der Waals surface area contributed by atoms with Gasteiger partial charge in [0.05, 0.1) is 22.8 Å². The Kier molecular flexibility index (Phi) is 6.63. The molecule has 0 unspecified atom stereocenters. The Morgan fingerprint density at radius 1 is 1.14 bits per heavy atom. The summed E-state index contributed by atoms with van der Waals surface area (Å²) in [6, 6.07) is 11.8. The minimum absolute atomic E-state index is 0.0619. The van der Waals surface area contributed by atoms with Crippen LogP contribution in [0.25, 0.3) is 0 Å². The zero-order chi connectivity index (χ0) is 21.2. The van der Waals surface area contributed by atoms with Gasteiger partial charge in [0, 0.05) is 13.1 Å². The van der Waals surface area contributed by atoms with E-state index in [1.807, 2.05) is 45.0 Å². The summed E-state index contributed by atoms with van der Waals surface area (Å²) in [5.41, 5.74) is 2.09. The third-order valence-corrected chi connectivity index (χ3v) is 6.97. The highest BCUT2D eigenvalue weighted by Crippen LogP contribution is 2.28. The quantitative estimate of drug-likeness (QED) is 0.665. The van der Waals surface area contributed by atoms with Gasteiger partial charge in [-0.05, 0) is 44.5 Å². The van der Waals surface area contributed by atoms with E-state index in [2.05, 4.69) is 0 Å². The minimum atomic E-state index is -3.87. The van der Waals surface area contributed by atoms with Crippen molar-refractivity contribution in [2.45, 2.75) is 44.5 Å². The van der Waals surface area contributed by atoms with Crippen LogP contribution in [0.1, 0.15) is 35.3 Å². The molecule has 0 spiro atoms. The molecular formula is C21H24ClNO5S. The number of hydrogen-bond acceptors (Lipinski definition) is 5. The number of ether oxygens (including phenoxy) is 2. The smallest absolute Gasteiger partial charge is 0.338 e. The topological polar surface area (TPSA) is 72.9 Å². The fourth-order valence-corrected chi connectivity index (χ4v) is 5.30. The number of morpholine rings is 1. The molecule has 1 aliphatic rings. The van der Waals surface area contributed by atoms with E-state index >= 15 is 0 Å². The predicted molar refractivity (Wildman–Crippen MR) is 111 cm³/mol. The van der Waals surface area contributed by atoms with E-state index in [9.17, 15) is 13.2 Å². The van der Waals surface area contributed by atoms with E-state index in [0.717, 1.165) is 11.1 Å². The van der Waals surface area contributed by atoms with Crippen molar-refractivity contribution >= 4 is 27.6 Å². The third-order valence-electron chi connectivity index (χ3n) is 4.66. The van der Waals surface area contributed by atoms with Gasteiger partial charge >= 0.3 is 5.97 Å². The van der Waals surface area contributed by atoms with Crippen LogP contribution in [0, 0.1) is 6.92 Å². The first-order valence-electron chi connectivity index (χ1n) is 9.34. The molecule has 0 aliphatic carbocycles. The molecule has 0 saturated carbocycles. The Hall–Kier alpha value is -1.93. The maximum absolute atomic E-state index is 13.1. The van der Waals surface area contributed by atoms with Crippen LogP contribution in [0.2, 0.25) is 5.02 Å². The highest BCUT2D eigenvalue weighted by molar-refractivity contribution is 7.89. The van der Waals surface area contributed by atoms with Crippen molar-refractivity contribution in [3.63, 3.8) is 0 Å². The number of halogens is 1. The summed E-state index contributed by atoms with van der Waals surface area (Å²) in [5.74, 6) is -0.609. The summed E-state index contributed by atoms with van der Waals surface area (Å²) in [7, 11) is -3.87. The lowest BCUT2D eigenvalue weighted by Gasteiger charge is -2.34. The Morgan fingerprint density at radius 2 is 1.76 bits per heavy atom. The zero-order valence-corrected chi connectivity index (χ0v) is 18.2. The molecule has 6 nitrogen and oxygen atoms in total. The second kappa shape index (κ2) is 8.83. The molecule has 0 bridgehead atoms. The Labute approximate surface area is 176 Å². The molecule has 3 rings (SSSR count). The summed E-state index contributed by atoms with van der Waals surface area (Å²) < 4.78 is 38.5. The van der Waals surface area contributed by atoms with Gasteiger partial charge < -0.3 is 9.47 Å². The van der Waals surface area contributed by atoms with Crippen molar-refractivity contribution in [3.05, 3.63) is 64.2 Å². The van der Waals surface area contributed by atoms with Gasteiger partial charge in [0.1, 0.15) is 11.5 Å². The van der Waals surface area contributed by atoms with Crippen LogP contribution in [0.3, 0.4) is 0 Å². The molecular weight excluding hydrogens is 414 g/mol. The average molecular weight is 438 g/mol. The molecule has 2 atom stereocenters. The summed E-state index contributed by atoms with van der Waals surface area (Å²) in [6.07, 6.45) is -0.454. The molecule has 2 aromatic rings. The van der Waals surface area contributed by atoms with Crippen LogP contribution >= 0.6 is 11.6 Å². The maximum Gasteiger partial charge on any atom is 0.338 e. The lowest BCUT2D eigenvalue weighted by Crippen LogP contribution is -2.48. The number of carbonyl (C=O) groups is 1. The molecule has 156 valence electrons. The Morgan fingerprint density at radius 3 is 2.38 bits per heavy atom. The van der Waals surface area contributed by atoms with Gasteiger partial charge in [-0.25, -0.2) is 13.2 Å². The first kappa shape index (κ1) is 21.8. The number of hydrogen-bond donors (Lipinski definition) is 0. The maximum atomic E-state index is 13.1. The van der Waals surface area contributed by atoms with Crippen molar-refractivity contribution in [2.24, 2.45) is 0 Å². The van der Waals surface area contributed by atoms with Crippen molar-refractivity contribution in [3.8, 4) is 0 Å². The molecule has 0 aromatic heterocycles. The van der Waals surface area contributed by atoms with Gasteiger partial charge in [-0.15, -0.1) is 0 Å². The lowest BCUT2D eigenvalue weighted by atomic mass is 10.2. The predicted octanol–water partition coefficient (Wildman–Crippen LogP) is 3.80. The number of carbonyl (C=O) groups excluding carboxylic acids is 1. The van der Waals surface area contributed by atoms with E-state index in [-0.39, 0.29) is 47.4 Å². The number of nitrogens with zero attached hydrogens (tertiary/aromatic N) is 1. The molecule has 8 heteroatoms. The molecule has 1 heterocycles. The van der Waals surface area contributed by atoms with Gasteiger partial charge in [-0.2, -0.15) is 4.31 Å². The van der Waals surface area contributed by atoms with Crippen molar-refractivity contribution in [1.29, 1.82) is 0 Å². The summed E-state index contributed by atoms with van der Waals surface area (Å²) >= 11 is 6.18. The monoisotopic (exact) mass is 437 g/mol. The number of rotatable bonds is 5. The summed E-state index contributed by atoms with van der Waals surface area (Å²) in [5, 5.41) is 0.0619. The highest BCUT2D eigenvalue weighted by atomic mass is 35.5. The second-order valence-corrected chi connectivity index (χ2v) is 9.60. The van der Waals surface area contributed by atoms with E-state index in [1.165, 1.54) is 22.5 Å². The number of sulfonamides is 1. The largest absolute Gasteiger partial charge is 0.457 e. The van der Waals surface area contributed by atoms with Gasteiger partial charge in [0.25, 0.3) is 0 Å². The van der Waals surface area contributed by atoms with Crippen molar-refractivity contribution in [1.82, 2.24) is 4.31 Å². The average Bonchev–Trinajstić information content (AvgIpc) is 2.66. The van der Waals surface area contributed by atoms with Crippen LogP contribution in [-0.4, -0.2) is 44.0 Å². The highest BCUT2D eigenvalue weighted by Gasteiger charge is 2.34. The van der Waals surface area contributed by atoms with Crippen LogP contribution in [0.4, 0.5) is 0 Å². The number of esters is 1. The third kappa shape index (κ3) is 5.17. The fourth-order valence-electron chi connectivity index (χ4n) is 3.21. The molecule has 0 amide bonds. The van der Waals surface area contributed by atoms with Gasteiger partial charge in [0.15, 0.2) is 0 Å². The van der Waals surface area contributed by atoms with Gasteiger partial charge in [-0.1, -0.05) is 41.4 Å². The van der Waals surface area contributed by atoms with Crippen LogP contribution in [0.5, 0.6) is 0 Å².